The third-order valence-corrected chi connectivity index (χ3v) is 5.50. The third kappa shape index (κ3) is 3.32. The van der Waals surface area contributed by atoms with Crippen molar-refractivity contribution in [1.29, 1.82) is 0 Å². The van der Waals surface area contributed by atoms with E-state index in [0.29, 0.717) is 0 Å². The van der Waals surface area contributed by atoms with Gasteiger partial charge in [-0.25, -0.2) is 0 Å². The van der Waals surface area contributed by atoms with E-state index >= 15 is 0 Å². The largest absolute Gasteiger partial charge is 0.316 e. The smallest absolute Gasteiger partial charge is 0.0236 e. The Hall–Kier alpha value is -0.860. The van der Waals surface area contributed by atoms with E-state index in [-0.39, 0.29) is 0 Å². The van der Waals surface area contributed by atoms with Crippen molar-refractivity contribution >= 4 is 0 Å². The molecule has 0 spiro atoms. The van der Waals surface area contributed by atoms with E-state index < -0.39 is 0 Å². The average Bonchev–Trinajstić information content (AvgIpc) is 3.26. The fourth-order valence-electron chi connectivity index (χ4n) is 4.15. The van der Waals surface area contributed by atoms with Gasteiger partial charge in [-0.1, -0.05) is 18.2 Å². The minimum Gasteiger partial charge on any atom is -0.316 e. The second-order valence-corrected chi connectivity index (χ2v) is 7.33. The highest BCUT2D eigenvalue weighted by atomic mass is 15.2. The molecule has 1 unspecified atom stereocenters. The maximum absolute atomic E-state index is 3.57. The molecule has 1 aliphatic heterocycles. The quantitative estimate of drug-likeness (QED) is 0.893. The van der Waals surface area contributed by atoms with Gasteiger partial charge in [0.1, 0.15) is 0 Å². The Labute approximate surface area is 128 Å². The van der Waals surface area contributed by atoms with E-state index in [4.69, 9.17) is 0 Å². The minimum atomic E-state index is 0.869. The molecule has 1 aromatic carbocycles. The van der Waals surface area contributed by atoms with E-state index in [2.05, 4.69) is 28.4 Å². The van der Waals surface area contributed by atoms with Gasteiger partial charge < -0.3 is 5.32 Å². The monoisotopic (exact) mass is 284 g/mol. The molecular weight excluding hydrogens is 256 g/mol. The van der Waals surface area contributed by atoms with Crippen LogP contribution in [0.5, 0.6) is 0 Å². The zero-order chi connectivity index (χ0) is 14.1. The molecule has 2 fully saturated rings. The zero-order valence-electron chi connectivity index (χ0n) is 13.1. The first-order valence-electron chi connectivity index (χ1n) is 8.94. The number of nitrogens with one attached hydrogen (secondary N) is 1. The van der Waals surface area contributed by atoms with E-state index in [1.165, 1.54) is 71.1 Å². The molecule has 0 bridgehead atoms. The molecule has 0 amide bonds. The number of piperidine rings is 1. The summed E-state index contributed by atoms with van der Waals surface area (Å²) in [4.78, 5) is 2.77. The molecule has 114 valence electrons. The average molecular weight is 284 g/mol. The van der Waals surface area contributed by atoms with Gasteiger partial charge in [0.25, 0.3) is 0 Å². The van der Waals surface area contributed by atoms with Crippen molar-refractivity contribution in [1.82, 2.24) is 10.2 Å². The summed E-state index contributed by atoms with van der Waals surface area (Å²) in [5.74, 6) is 0.869. The van der Waals surface area contributed by atoms with Gasteiger partial charge in [-0.05, 0) is 80.6 Å². The van der Waals surface area contributed by atoms with Crippen LogP contribution in [0.2, 0.25) is 0 Å². The first kappa shape index (κ1) is 13.8. The lowest BCUT2D eigenvalue weighted by Crippen LogP contribution is -2.39. The Morgan fingerprint density at radius 3 is 2.76 bits per heavy atom. The van der Waals surface area contributed by atoms with Crippen LogP contribution in [0.3, 0.4) is 0 Å². The SMILES string of the molecule is c1cc2c(cc1CN(CC1CCCNC1)C1CC1)CCC2. The molecule has 0 radical (unpaired) electrons. The van der Waals surface area contributed by atoms with Gasteiger partial charge in [0.15, 0.2) is 0 Å². The Morgan fingerprint density at radius 2 is 1.95 bits per heavy atom. The van der Waals surface area contributed by atoms with Crippen LogP contribution in [0.15, 0.2) is 18.2 Å². The molecule has 3 aliphatic rings. The fourth-order valence-corrected chi connectivity index (χ4v) is 4.15. The van der Waals surface area contributed by atoms with Crippen LogP contribution in [-0.2, 0) is 19.4 Å². The van der Waals surface area contributed by atoms with E-state index in [1.54, 1.807) is 16.7 Å². The van der Waals surface area contributed by atoms with Crippen LogP contribution in [0, 0.1) is 5.92 Å². The Kier molecular flexibility index (Phi) is 4.00. The Balaban J connectivity index is 1.42. The van der Waals surface area contributed by atoms with Gasteiger partial charge in [0, 0.05) is 19.1 Å². The molecular formula is C19H28N2. The van der Waals surface area contributed by atoms with Crippen LogP contribution in [-0.4, -0.2) is 30.6 Å². The van der Waals surface area contributed by atoms with Crippen molar-refractivity contribution < 1.29 is 0 Å². The van der Waals surface area contributed by atoms with Gasteiger partial charge in [0.2, 0.25) is 0 Å². The molecule has 1 aromatic rings. The van der Waals surface area contributed by atoms with Crippen molar-refractivity contribution in [2.45, 2.75) is 57.5 Å². The number of benzene rings is 1. The number of fused-ring (bicyclic) bond motifs is 1. The lowest BCUT2D eigenvalue weighted by atomic mass is 9.98. The number of hydrogen-bond donors (Lipinski definition) is 1. The Morgan fingerprint density at radius 1 is 1.05 bits per heavy atom. The molecule has 0 aromatic heterocycles. The van der Waals surface area contributed by atoms with Gasteiger partial charge in [0.05, 0.1) is 0 Å². The maximum Gasteiger partial charge on any atom is 0.0236 e. The number of rotatable bonds is 5. The lowest BCUT2D eigenvalue weighted by Gasteiger charge is -2.30. The predicted octanol–water partition coefficient (Wildman–Crippen LogP) is 3.14. The topological polar surface area (TPSA) is 15.3 Å². The van der Waals surface area contributed by atoms with Crippen LogP contribution in [0.1, 0.15) is 48.8 Å². The standard InChI is InChI=1S/C19H28N2/c1-4-17-7-6-15(11-18(17)5-1)13-21(19-8-9-19)14-16-3-2-10-20-12-16/h6-7,11,16,19-20H,1-5,8-10,12-14H2. The fraction of sp³-hybridized carbons (Fsp3) is 0.684. The highest BCUT2D eigenvalue weighted by Gasteiger charge is 2.31. The van der Waals surface area contributed by atoms with Crippen molar-refractivity contribution in [2.24, 2.45) is 5.92 Å². The normalized spacial score (nSPS) is 25.3. The second kappa shape index (κ2) is 6.10. The molecule has 4 rings (SSSR count). The number of aryl methyl sites for hydroxylation is 2. The number of nitrogens with zero attached hydrogens (tertiary/aromatic N) is 1. The highest BCUT2D eigenvalue weighted by molar-refractivity contribution is 5.35. The summed E-state index contributed by atoms with van der Waals surface area (Å²) in [5, 5.41) is 3.57. The van der Waals surface area contributed by atoms with Crippen LogP contribution >= 0.6 is 0 Å². The molecule has 1 saturated heterocycles. The molecule has 1 N–H and O–H groups in total. The molecule has 2 heteroatoms. The molecule has 21 heavy (non-hydrogen) atoms. The van der Waals surface area contributed by atoms with Crippen LogP contribution in [0.25, 0.3) is 0 Å². The third-order valence-electron chi connectivity index (χ3n) is 5.50. The lowest BCUT2D eigenvalue weighted by molar-refractivity contribution is 0.193. The molecule has 1 heterocycles. The van der Waals surface area contributed by atoms with Gasteiger partial charge in [-0.15, -0.1) is 0 Å². The highest BCUT2D eigenvalue weighted by Crippen LogP contribution is 2.31. The first-order chi connectivity index (χ1) is 10.4. The summed E-state index contributed by atoms with van der Waals surface area (Å²) in [7, 11) is 0. The zero-order valence-corrected chi connectivity index (χ0v) is 13.1. The minimum absolute atomic E-state index is 0.869. The van der Waals surface area contributed by atoms with Crippen LogP contribution in [0.4, 0.5) is 0 Å². The predicted molar refractivity (Wildman–Crippen MR) is 87.5 cm³/mol. The molecule has 1 saturated carbocycles. The van der Waals surface area contributed by atoms with E-state index in [9.17, 15) is 0 Å². The van der Waals surface area contributed by atoms with Gasteiger partial charge in [-0.3, -0.25) is 4.90 Å². The summed E-state index contributed by atoms with van der Waals surface area (Å²) in [6, 6.07) is 8.15. The van der Waals surface area contributed by atoms with Crippen molar-refractivity contribution in [3.05, 3.63) is 34.9 Å². The van der Waals surface area contributed by atoms with Crippen molar-refractivity contribution in [2.75, 3.05) is 19.6 Å². The second-order valence-electron chi connectivity index (χ2n) is 7.33. The number of hydrogen-bond acceptors (Lipinski definition) is 2. The Bertz CT molecular complexity index is 486. The summed E-state index contributed by atoms with van der Waals surface area (Å²) in [6.45, 7) is 4.93. The van der Waals surface area contributed by atoms with Gasteiger partial charge >= 0.3 is 0 Å². The summed E-state index contributed by atoms with van der Waals surface area (Å²) in [5.41, 5.74) is 4.78. The summed E-state index contributed by atoms with van der Waals surface area (Å²) in [6.07, 6.45) is 9.59. The van der Waals surface area contributed by atoms with Crippen molar-refractivity contribution in [3.63, 3.8) is 0 Å². The molecule has 2 nitrogen and oxygen atoms in total. The van der Waals surface area contributed by atoms with E-state index in [0.717, 1.165) is 12.0 Å². The summed E-state index contributed by atoms with van der Waals surface area (Å²) >= 11 is 0. The van der Waals surface area contributed by atoms with Crippen molar-refractivity contribution in [3.8, 4) is 0 Å². The van der Waals surface area contributed by atoms with Gasteiger partial charge in [-0.2, -0.15) is 0 Å². The van der Waals surface area contributed by atoms with Crippen LogP contribution < -0.4 is 5.32 Å². The molecule has 2 aliphatic carbocycles. The summed E-state index contributed by atoms with van der Waals surface area (Å²) < 4.78 is 0. The maximum atomic E-state index is 3.57. The first-order valence-corrected chi connectivity index (χ1v) is 8.94. The molecule has 1 atom stereocenters. The van der Waals surface area contributed by atoms with E-state index in [1.807, 2.05) is 0 Å².